The zero-order valence-electron chi connectivity index (χ0n) is 29.9. The fourth-order valence-corrected chi connectivity index (χ4v) is 5.72. The zero-order valence-corrected chi connectivity index (χ0v) is 32.8. The molecule has 0 aromatic carbocycles. The Balaban J connectivity index is 0. The summed E-state index contributed by atoms with van der Waals surface area (Å²) < 4.78 is 32.5. The topological polar surface area (TPSA) is 172 Å². The van der Waals surface area contributed by atoms with Crippen LogP contribution in [0.25, 0.3) is 0 Å². The average molecular weight is 703 g/mol. The fraction of sp³-hybridized carbons (Fsp3) is 0.912. The number of carboxylic acid groups (broad SMARTS) is 1. The van der Waals surface area contributed by atoms with E-state index in [1.54, 1.807) is 0 Å². The van der Waals surface area contributed by atoms with Crippen molar-refractivity contribution in [2.45, 2.75) is 180 Å². The Labute approximate surface area is 307 Å². The number of nitrogens with two attached hydrogens (primary N) is 1. The monoisotopic (exact) mass is 702 g/mol. The maximum absolute atomic E-state index is 12.5. The number of ether oxygens (including phenoxy) is 2. The third kappa shape index (κ3) is 33.7. The van der Waals surface area contributed by atoms with Gasteiger partial charge in [0.2, 0.25) is 0 Å². The molecule has 0 bridgehead atoms. The maximum Gasteiger partial charge on any atom is 0.472 e. The third-order valence-electron chi connectivity index (χ3n) is 7.86. The molecule has 273 valence electrons. The summed E-state index contributed by atoms with van der Waals surface area (Å²) in [5.74, 6) is -2.37. The molecule has 13 heteroatoms. The van der Waals surface area contributed by atoms with Crippen molar-refractivity contribution in [1.29, 1.82) is 0 Å². The van der Waals surface area contributed by atoms with Crippen LogP contribution in [0.15, 0.2) is 0 Å². The molecule has 4 N–H and O–H groups in total. The smallest absolute Gasteiger partial charge is 0.472 e. The van der Waals surface area contributed by atoms with Gasteiger partial charge in [0.25, 0.3) is 0 Å². The second-order valence-electron chi connectivity index (χ2n) is 12.4. The number of esters is 2. The summed E-state index contributed by atoms with van der Waals surface area (Å²) in [7, 11) is -4.70. The van der Waals surface area contributed by atoms with Gasteiger partial charge in [-0.05, 0) is 12.8 Å². The predicted octanol–water partition coefficient (Wildman–Crippen LogP) is 8.01. The van der Waals surface area contributed by atoms with Gasteiger partial charge in [-0.25, -0.2) is 4.57 Å². The number of carbonyl (C=O) groups excluding carboxylic acids is 2. The second kappa shape index (κ2) is 34.0. The van der Waals surface area contributed by atoms with Crippen LogP contribution >= 0.6 is 7.82 Å². The summed E-state index contributed by atoms with van der Waals surface area (Å²) in [6.45, 7) is 2.77. The molecular formula is C34H66NNaO10P. The van der Waals surface area contributed by atoms with Crippen LogP contribution in [0.1, 0.15) is 168 Å². The first-order chi connectivity index (χ1) is 22.1. The van der Waals surface area contributed by atoms with Crippen molar-refractivity contribution in [3.8, 4) is 0 Å². The van der Waals surface area contributed by atoms with Gasteiger partial charge in [-0.2, -0.15) is 0 Å². The minimum atomic E-state index is -4.70. The van der Waals surface area contributed by atoms with Crippen molar-refractivity contribution in [2.75, 3.05) is 19.8 Å². The largest absolute Gasteiger partial charge is 0.480 e. The molecule has 0 rings (SSSR count). The first kappa shape index (κ1) is 48.6. The van der Waals surface area contributed by atoms with Gasteiger partial charge in [0.15, 0.2) is 6.10 Å². The molecule has 0 spiro atoms. The van der Waals surface area contributed by atoms with Crippen molar-refractivity contribution < 1.29 is 47.5 Å². The molecule has 1 radical (unpaired) electrons. The number of hydrogen-bond donors (Lipinski definition) is 3. The number of hydrogen-bond acceptors (Lipinski definition) is 9. The first-order valence-corrected chi connectivity index (χ1v) is 19.6. The van der Waals surface area contributed by atoms with Gasteiger partial charge in [0.05, 0.1) is 13.2 Å². The van der Waals surface area contributed by atoms with E-state index in [1.807, 2.05) is 0 Å². The van der Waals surface area contributed by atoms with Gasteiger partial charge in [-0.1, -0.05) is 142 Å². The molecule has 0 amide bonds. The molecule has 0 aliphatic rings. The Morgan fingerprint density at radius 3 is 1.36 bits per heavy atom. The quantitative estimate of drug-likeness (QED) is 0.0257. The van der Waals surface area contributed by atoms with Crippen molar-refractivity contribution >= 4 is 55.3 Å². The van der Waals surface area contributed by atoms with E-state index in [9.17, 15) is 23.8 Å². The van der Waals surface area contributed by atoms with Crippen LogP contribution in [0, 0.1) is 0 Å². The van der Waals surface area contributed by atoms with Crippen LogP contribution in [0.5, 0.6) is 0 Å². The number of unbranched alkanes of at least 4 members (excludes halogenated alkanes) is 20. The molecule has 0 fully saturated rings. The van der Waals surface area contributed by atoms with Gasteiger partial charge in [0.1, 0.15) is 12.6 Å². The number of rotatable bonds is 34. The third-order valence-corrected chi connectivity index (χ3v) is 8.81. The Bertz CT molecular complexity index is 820. The van der Waals surface area contributed by atoms with Gasteiger partial charge in [-0.15, -0.1) is 0 Å². The summed E-state index contributed by atoms with van der Waals surface area (Å²) in [6.07, 6.45) is 24.6. The molecule has 11 nitrogen and oxygen atoms in total. The van der Waals surface area contributed by atoms with Crippen LogP contribution in [-0.2, 0) is 37.5 Å². The Morgan fingerprint density at radius 2 is 0.957 bits per heavy atom. The molecule has 0 aromatic rings. The molecule has 0 saturated heterocycles. The van der Waals surface area contributed by atoms with E-state index < -0.39 is 51.1 Å². The molecule has 47 heavy (non-hydrogen) atoms. The Hall–Kier alpha value is -0.520. The Morgan fingerprint density at radius 1 is 0.596 bits per heavy atom. The second-order valence-corrected chi connectivity index (χ2v) is 13.8. The molecule has 3 atom stereocenters. The number of carbonyl (C=O) groups is 3. The van der Waals surface area contributed by atoms with Crippen LogP contribution in [-0.4, -0.2) is 89.4 Å². The number of phosphoric ester groups is 1. The summed E-state index contributed by atoms with van der Waals surface area (Å²) in [6, 6.07) is -1.51. The molecule has 3 unspecified atom stereocenters. The van der Waals surface area contributed by atoms with Crippen LogP contribution in [0.4, 0.5) is 0 Å². The average Bonchev–Trinajstić information content (AvgIpc) is 3.02. The molecule has 0 aliphatic carbocycles. The first-order valence-electron chi connectivity index (χ1n) is 18.1. The van der Waals surface area contributed by atoms with E-state index in [-0.39, 0.29) is 49.0 Å². The van der Waals surface area contributed by atoms with Gasteiger partial charge >= 0.3 is 25.7 Å². The van der Waals surface area contributed by atoms with E-state index in [2.05, 4.69) is 18.4 Å². The number of phosphoric acid groups is 1. The van der Waals surface area contributed by atoms with Crippen molar-refractivity contribution in [1.82, 2.24) is 0 Å². The standard InChI is InChI=1S/C34H66NO10P.Na/c1-3-5-7-9-11-13-15-17-19-21-23-25-32(36)42-27-30(28-43-46(40,41)44-29-31(35)34(38)39)45-33(37)26-24-22-20-18-16-14-12-10-8-6-4-2;/h30-31H,3-29,35H2,1-2H3,(H,38,39)(H,40,41);. The van der Waals surface area contributed by atoms with Gasteiger partial charge < -0.3 is 25.2 Å². The van der Waals surface area contributed by atoms with Crippen molar-refractivity contribution in [3.63, 3.8) is 0 Å². The van der Waals surface area contributed by atoms with Crippen molar-refractivity contribution in [2.24, 2.45) is 5.73 Å². The van der Waals surface area contributed by atoms with E-state index >= 15 is 0 Å². The summed E-state index contributed by atoms with van der Waals surface area (Å²) in [5.41, 5.74) is 5.30. The fourth-order valence-electron chi connectivity index (χ4n) is 4.95. The maximum atomic E-state index is 12.5. The van der Waals surface area contributed by atoms with E-state index in [4.69, 9.17) is 24.8 Å². The minimum Gasteiger partial charge on any atom is -0.480 e. The summed E-state index contributed by atoms with van der Waals surface area (Å²) >= 11 is 0. The van der Waals surface area contributed by atoms with Crippen LogP contribution < -0.4 is 5.73 Å². The van der Waals surface area contributed by atoms with Crippen LogP contribution in [0.2, 0.25) is 0 Å². The molecular weight excluding hydrogens is 636 g/mol. The molecule has 0 aromatic heterocycles. The number of aliphatic carboxylic acids is 1. The SMILES string of the molecule is CCCCCCCCCCCCCC(=O)OCC(COP(=O)(O)OCC(N)C(=O)O)OC(=O)CCCCCCCCCCCCC.[Na]. The van der Waals surface area contributed by atoms with Gasteiger partial charge in [0, 0.05) is 42.4 Å². The van der Waals surface area contributed by atoms with Gasteiger partial charge in [-0.3, -0.25) is 23.4 Å². The summed E-state index contributed by atoms with van der Waals surface area (Å²) in [5, 5.41) is 8.83. The minimum absolute atomic E-state index is 0. The molecule has 0 saturated carbocycles. The predicted molar refractivity (Wildman–Crippen MR) is 186 cm³/mol. The Kier molecular flexibility index (Phi) is 35.1. The van der Waals surface area contributed by atoms with E-state index in [0.717, 1.165) is 38.5 Å². The van der Waals surface area contributed by atoms with E-state index in [0.29, 0.717) is 12.8 Å². The molecule has 0 heterocycles. The van der Waals surface area contributed by atoms with E-state index in [1.165, 1.54) is 89.9 Å². The van der Waals surface area contributed by atoms with Crippen LogP contribution in [0.3, 0.4) is 0 Å². The zero-order chi connectivity index (χ0) is 34.3. The summed E-state index contributed by atoms with van der Waals surface area (Å²) in [4.78, 5) is 45.6. The normalized spacial score (nSPS) is 13.7. The molecule has 0 aliphatic heterocycles. The number of carboxylic acids is 1. The van der Waals surface area contributed by atoms with Crippen molar-refractivity contribution in [3.05, 3.63) is 0 Å².